The van der Waals surface area contributed by atoms with E-state index in [-0.39, 0.29) is 5.91 Å². The van der Waals surface area contributed by atoms with Crippen molar-refractivity contribution < 1.29 is 9.53 Å². The molecule has 5 nitrogen and oxygen atoms in total. The Labute approximate surface area is 149 Å². The first kappa shape index (κ1) is 17.3. The molecular formula is C20H25N3O2. The molecule has 132 valence electrons. The van der Waals surface area contributed by atoms with E-state index in [0.717, 1.165) is 31.9 Å². The fourth-order valence-electron chi connectivity index (χ4n) is 2.82. The molecule has 0 bridgehead atoms. The lowest BCUT2D eigenvalue weighted by Crippen LogP contribution is -2.44. The van der Waals surface area contributed by atoms with E-state index in [0.29, 0.717) is 5.75 Å². The van der Waals surface area contributed by atoms with E-state index in [9.17, 15) is 4.79 Å². The van der Waals surface area contributed by atoms with E-state index in [4.69, 9.17) is 4.74 Å². The van der Waals surface area contributed by atoms with Gasteiger partial charge in [-0.3, -0.25) is 4.79 Å². The minimum absolute atomic E-state index is 0.156. The number of ether oxygens (including phenoxy) is 1. The summed E-state index contributed by atoms with van der Waals surface area (Å²) in [6, 6.07) is 17.4. The van der Waals surface area contributed by atoms with Gasteiger partial charge in [0.25, 0.3) is 5.91 Å². The van der Waals surface area contributed by atoms with E-state index in [1.807, 2.05) is 42.5 Å². The molecule has 0 spiro atoms. The maximum Gasteiger partial charge on any atom is 0.265 e. The average molecular weight is 339 g/mol. The first-order valence-corrected chi connectivity index (χ1v) is 8.68. The zero-order chi connectivity index (χ0) is 17.6. The number of amides is 1. The van der Waals surface area contributed by atoms with Crippen LogP contribution in [0.25, 0.3) is 0 Å². The monoisotopic (exact) mass is 339 g/mol. The Morgan fingerprint density at radius 3 is 2.28 bits per heavy atom. The molecule has 5 heteroatoms. The smallest absolute Gasteiger partial charge is 0.265 e. The lowest BCUT2D eigenvalue weighted by atomic mass is 10.2. The second-order valence-corrected chi connectivity index (χ2v) is 6.40. The van der Waals surface area contributed by atoms with Crippen LogP contribution in [0, 0.1) is 0 Å². The highest BCUT2D eigenvalue weighted by molar-refractivity contribution is 5.94. The zero-order valence-electron chi connectivity index (χ0n) is 14.8. The van der Waals surface area contributed by atoms with Gasteiger partial charge in [0, 0.05) is 37.6 Å². The summed E-state index contributed by atoms with van der Waals surface area (Å²) >= 11 is 0. The predicted molar refractivity (Wildman–Crippen MR) is 101 cm³/mol. The number of carbonyl (C=O) groups excluding carboxylic acids is 1. The van der Waals surface area contributed by atoms with Crippen molar-refractivity contribution in [3.8, 4) is 5.75 Å². The molecule has 1 amide bonds. The molecule has 0 aromatic heterocycles. The molecule has 0 aliphatic carbocycles. The number of piperazine rings is 1. The van der Waals surface area contributed by atoms with E-state index in [2.05, 4.69) is 34.3 Å². The van der Waals surface area contributed by atoms with Crippen molar-refractivity contribution in [2.24, 2.45) is 0 Å². The van der Waals surface area contributed by atoms with Crippen LogP contribution < -0.4 is 15.0 Å². The van der Waals surface area contributed by atoms with Crippen LogP contribution in [0.3, 0.4) is 0 Å². The Bertz CT molecular complexity index is 680. The molecule has 1 atom stereocenters. The van der Waals surface area contributed by atoms with Crippen molar-refractivity contribution >= 4 is 17.3 Å². The summed E-state index contributed by atoms with van der Waals surface area (Å²) in [6.45, 7) is 5.97. The highest BCUT2D eigenvalue weighted by Crippen LogP contribution is 2.20. The van der Waals surface area contributed by atoms with Gasteiger partial charge in [0.05, 0.1) is 0 Å². The van der Waals surface area contributed by atoms with Crippen molar-refractivity contribution in [2.75, 3.05) is 43.4 Å². The molecule has 0 saturated carbocycles. The van der Waals surface area contributed by atoms with Gasteiger partial charge in [-0.15, -0.1) is 0 Å². The third-order valence-electron chi connectivity index (χ3n) is 4.43. The molecule has 1 heterocycles. The molecular weight excluding hydrogens is 314 g/mol. The number of nitrogens with one attached hydrogen (secondary N) is 1. The predicted octanol–water partition coefficient (Wildman–Crippen LogP) is 2.84. The fourth-order valence-corrected chi connectivity index (χ4v) is 2.82. The molecule has 1 N–H and O–H groups in total. The van der Waals surface area contributed by atoms with Gasteiger partial charge < -0.3 is 19.9 Å². The molecule has 1 aliphatic heterocycles. The molecule has 1 unspecified atom stereocenters. The molecule has 1 fully saturated rings. The topological polar surface area (TPSA) is 44.8 Å². The number of nitrogens with zero attached hydrogens (tertiary/aromatic N) is 2. The largest absolute Gasteiger partial charge is 0.481 e. The van der Waals surface area contributed by atoms with Crippen LogP contribution in [0.4, 0.5) is 11.4 Å². The number of hydrogen-bond donors (Lipinski definition) is 1. The van der Waals surface area contributed by atoms with Crippen LogP contribution in [-0.4, -0.2) is 50.1 Å². The molecule has 25 heavy (non-hydrogen) atoms. The van der Waals surface area contributed by atoms with Gasteiger partial charge in [0.2, 0.25) is 0 Å². The third-order valence-corrected chi connectivity index (χ3v) is 4.43. The van der Waals surface area contributed by atoms with Crippen LogP contribution in [-0.2, 0) is 4.79 Å². The lowest BCUT2D eigenvalue weighted by Gasteiger charge is -2.34. The second-order valence-electron chi connectivity index (χ2n) is 6.40. The van der Waals surface area contributed by atoms with Gasteiger partial charge in [0.1, 0.15) is 5.75 Å². The number of likely N-dealkylation sites (N-methyl/N-ethyl adjacent to an activating group) is 1. The number of para-hydroxylation sites is 1. The molecule has 3 rings (SSSR count). The van der Waals surface area contributed by atoms with E-state index in [1.54, 1.807) is 6.92 Å². The van der Waals surface area contributed by atoms with Crippen LogP contribution in [0.2, 0.25) is 0 Å². The summed E-state index contributed by atoms with van der Waals surface area (Å²) in [5.74, 6) is 0.534. The van der Waals surface area contributed by atoms with Gasteiger partial charge in [-0.05, 0) is 50.4 Å². The van der Waals surface area contributed by atoms with Crippen LogP contribution in [0.1, 0.15) is 6.92 Å². The van der Waals surface area contributed by atoms with Crippen molar-refractivity contribution in [1.82, 2.24) is 4.90 Å². The number of anilines is 2. The van der Waals surface area contributed by atoms with E-state index in [1.165, 1.54) is 5.69 Å². The van der Waals surface area contributed by atoms with Crippen LogP contribution in [0.5, 0.6) is 5.75 Å². The number of rotatable bonds is 5. The van der Waals surface area contributed by atoms with Crippen LogP contribution in [0.15, 0.2) is 54.6 Å². The Balaban J connectivity index is 1.54. The van der Waals surface area contributed by atoms with Crippen molar-refractivity contribution in [3.63, 3.8) is 0 Å². The number of benzene rings is 2. The molecule has 1 saturated heterocycles. The third kappa shape index (κ3) is 4.73. The zero-order valence-corrected chi connectivity index (χ0v) is 14.8. The molecule has 0 radical (unpaired) electrons. The summed E-state index contributed by atoms with van der Waals surface area (Å²) in [7, 11) is 2.15. The van der Waals surface area contributed by atoms with Gasteiger partial charge in [-0.2, -0.15) is 0 Å². The van der Waals surface area contributed by atoms with E-state index < -0.39 is 6.10 Å². The van der Waals surface area contributed by atoms with Crippen molar-refractivity contribution in [2.45, 2.75) is 13.0 Å². The van der Waals surface area contributed by atoms with Crippen molar-refractivity contribution in [3.05, 3.63) is 54.6 Å². The molecule has 1 aliphatic rings. The standard InChI is InChI=1S/C20H25N3O2/c1-16(25-19-6-4-3-5-7-19)20(24)21-17-8-10-18(11-9-17)23-14-12-22(2)13-15-23/h3-11,16H,12-15H2,1-2H3,(H,21,24). The Morgan fingerprint density at radius 2 is 1.64 bits per heavy atom. The Morgan fingerprint density at radius 1 is 1.00 bits per heavy atom. The first-order valence-electron chi connectivity index (χ1n) is 8.68. The molecule has 2 aromatic rings. The Hall–Kier alpha value is -2.53. The quantitative estimate of drug-likeness (QED) is 0.910. The van der Waals surface area contributed by atoms with Crippen LogP contribution >= 0.6 is 0 Å². The van der Waals surface area contributed by atoms with Crippen molar-refractivity contribution in [1.29, 1.82) is 0 Å². The maximum atomic E-state index is 12.3. The highest BCUT2D eigenvalue weighted by Gasteiger charge is 2.16. The SMILES string of the molecule is CC(Oc1ccccc1)C(=O)Nc1ccc(N2CCN(C)CC2)cc1. The summed E-state index contributed by atoms with van der Waals surface area (Å²) < 4.78 is 5.65. The summed E-state index contributed by atoms with van der Waals surface area (Å²) in [4.78, 5) is 17.0. The van der Waals surface area contributed by atoms with Gasteiger partial charge in [-0.1, -0.05) is 18.2 Å². The summed E-state index contributed by atoms with van der Waals surface area (Å²) in [6.07, 6.45) is -0.556. The summed E-state index contributed by atoms with van der Waals surface area (Å²) in [5, 5.41) is 2.91. The van der Waals surface area contributed by atoms with E-state index >= 15 is 0 Å². The second kappa shape index (κ2) is 8.03. The number of carbonyl (C=O) groups is 1. The van der Waals surface area contributed by atoms with Gasteiger partial charge >= 0.3 is 0 Å². The Kier molecular flexibility index (Phi) is 5.56. The minimum Gasteiger partial charge on any atom is -0.481 e. The minimum atomic E-state index is -0.556. The maximum absolute atomic E-state index is 12.3. The normalized spacial score (nSPS) is 16.3. The highest BCUT2D eigenvalue weighted by atomic mass is 16.5. The lowest BCUT2D eigenvalue weighted by molar-refractivity contribution is -0.122. The molecule has 2 aromatic carbocycles. The number of hydrogen-bond acceptors (Lipinski definition) is 4. The van der Waals surface area contributed by atoms with Gasteiger partial charge in [0.15, 0.2) is 6.10 Å². The first-order chi connectivity index (χ1) is 12.1. The summed E-state index contributed by atoms with van der Waals surface area (Å²) in [5.41, 5.74) is 1.98. The average Bonchev–Trinajstić information content (AvgIpc) is 2.64. The van der Waals surface area contributed by atoms with Gasteiger partial charge in [-0.25, -0.2) is 0 Å². The fraction of sp³-hybridized carbons (Fsp3) is 0.350.